The summed E-state index contributed by atoms with van der Waals surface area (Å²) in [7, 11) is 0.0450. The zero-order chi connectivity index (χ0) is 43.3. The summed E-state index contributed by atoms with van der Waals surface area (Å²) in [5, 5.41) is 11.4. The normalized spacial score (nSPS) is 12.5. The number of carbonyl (C=O) groups excluding carboxylic acids is 7. The SMILES string of the molecule is CBOC(=O)[C@H](CC(=O)OCCCC)NC(=O)c1ccc(-c2ccc(C(=O)NCNC(=O)[C@H](CCCCC)[C@@H](CC)N(C=O)OC(=O)NC(C)(C)C)o2)cc1OCC. The van der Waals surface area contributed by atoms with Crippen molar-refractivity contribution in [1.82, 2.24) is 26.3 Å². The van der Waals surface area contributed by atoms with Gasteiger partial charge in [0, 0.05) is 11.1 Å². The number of unbranched alkanes of at least 4 members (excludes halogenated alkanes) is 3. The predicted molar refractivity (Wildman–Crippen MR) is 216 cm³/mol. The molecule has 17 nitrogen and oxygen atoms in total. The molecule has 0 radical (unpaired) electrons. The number of nitrogens with zero attached hydrogens (tertiary/aromatic N) is 1. The third kappa shape index (κ3) is 16.1. The van der Waals surface area contributed by atoms with Crippen LogP contribution in [0.2, 0.25) is 6.82 Å². The van der Waals surface area contributed by atoms with Gasteiger partial charge in [0.25, 0.3) is 11.8 Å². The van der Waals surface area contributed by atoms with Crippen LogP contribution in [0.1, 0.15) is 121 Å². The zero-order valence-corrected chi connectivity index (χ0v) is 35.0. The molecule has 58 heavy (non-hydrogen) atoms. The molecule has 5 amide bonds. The molecule has 0 aliphatic heterocycles. The van der Waals surface area contributed by atoms with Gasteiger partial charge in [-0.05, 0) is 71.2 Å². The van der Waals surface area contributed by atoms with Gasteiger partial charge in [-0.15, -0.1) is 0 Å². The Kier molecular flexibility index (Phi) is 20.9. The number of hydrogen-bond acceptors (Lipinski definition) is 12. The Morgan fingerprint density at radius 1 is 0.931 bits per heavy atom. The largest absolute Gasteiger partial charge is 0.539 e. The second kappa shape index (κ2) is 25.0. The minimum atomic E-state index is -1.29. The van der Waals surface area contributed by atoms with E-state index >= 15 is 0 Å². The quantitative estimate of drug-likeness (QED) is 0.0265. The maximum Gasteiger partial charge on any atom is 0.432 e. The van der Waals surface area contributed by atoms with Crippen molar-refractivity contribution in [3.63, 3.8) is 0 Å². The first-order chi connectivity index (χ1) is 27.6. The summed E-state index contributed by atoms with van der Waals surface area (Å²) < 4.78 is 21.8. The van der Waals surface area contributed by atoms with Crippen molar-refractivity contribution < 1.29 is 56.9 Å². The van der Waals surface area contributed by atoms with Crippen molar-refractivity contribution in [2.45, 2.75) is 124 Å². The Morgan fingerprint density at radius 3 is 2.28 bits per heavy atom. The first-order valence-corrected chi connectivity index (χ1v) is 19.9. The Morgan fingerprint density at radius 2 is 1.66 bits per heavy atom. The smallest absolute Gasteiger partial charge is 0.432 e. The lowest BCUT2D eigenvalue weighted by atomic mass is 9.90. The second-order valence-electron chi connectivity index (χ2n) is 14.4. The van der Waals surface area contributed by atoms with Gasteiger partial charge in [0.05, 0.1) is 43.8 Å². The van der Waals surface area contributed by atoms with E-state index in [2.05, 4.69) is 21.3 Å². The Balaban J connectivity index is 2.17. The van der Waals surface area contributed by atoms with E-state index in [0.29, 0.717) is 37.7 Å². The van der Waals surface area contributed by atoms with Crippen molar-refractivity contribution >= 4 is 49.6 Å². The van der Waals surface area contributed by atoms with Crippen LogP contribution < -0.4 is 26.0 Å². The highest BCUT2D eigenvalue weighted by Gasteiger charge is 2.34. The molecule has 1 heterocycles. The van der Waals surface area contributed by atoms with Gasteiger partial charge in [0.15, 0.2) is 5.76 Å². The van der Waals surface area contributed by atoms with Crippen LogP contribution in [0.25, 0.3) is 11.3 Å². The standard InChI is InChI=1S/C40H60BN5O12/c1-9-13-15-16-27(30(11-3)46(25-47)58-39(53)45-40(5,6)7)35(49)42-24-43-37(51)32-20-19-31(56-32)26-17-18-28(33(22-26)54-12-4)36(50)44-29(38(52)57-41-8)23-34(48)55-21-14-10-2/h17-20,22,25,27,29-30,41H,9-16,21,23-24H2,1-8H3,(H,42,49)(H,43,51)(H,44,50)(H,45,53)/t27-,29+,30-/m1/s1. The van der Waals surface area contributed by atoms with Crippen molar-refractivity contribution in [3.05, 3.63) is 41.7 Å². The molecule has 18 heteroatoms. The summed E-state index contributed by atoms with van der Waals surface area (Å²) in [5.41, 5.74) is -0.0692. The minimum Gasteiger partial charge on any atom is -0.539 e. The number of esters is 1. The number of amides is 5. The molecule has 0 fully saturated rings. The number of hydrogen-bond donors (Lipinski definition) is 4. The summed E-state index contributed by atoms with van der Waals surface area (Å²) in [6, 6.07) is 5.51. The number of nitrogens with one attached hydrogen (secondary N) is 4. The molecule has 3 atom stereocenters. The van der Waals surface area contributed by atoms with Gasteiger partial charge in [-0.25, -0.2) is 4.79 Å². The highest BCUT2D eigenvalue weighted by molar-refractivity contribution is 6.28. The lowest BCUT2D eigenvalue weighted by molar-refractivity contribution is -0.169. The molecular weight excluding hydrogens is 753 g/mol. The zero-order valence-electron chi connectivity index (χ0n) is 35.0. The van der Waals surface area contributed by atoms with Gasteiger partial charge in [-0.3, -0.25) is 28.8 Å². The molecule has 0 aliphatic carbocycles. The summed E-state index contributed by atoms with van der Waals surface area (Å²) in [6.45, 7) is 14.5. The molecule has 2 rings (SSSR count). The first kappa shape index (κ1) is 48.6. The fourth-order valence-corrected chi connectivity index (χ4v) is 5.76. The van der Waals surface area contributed by atoms with E-state index in [0.717, 1.165) is 24.3 Å². The van der Waals surface area contributed by atoms with Crippen LogP contribution in [0.15, 0.2) is 34.7 Å². The van der Waals surface area contributed by atoms with Crippen molar-refractivity contribution in [1.29, 1.82) is 0 Å². The van der Waals surface area contributed by atoms with E-state index < -0.39 is 65.7 Å². The van der Waals surface area contributed by atoms with E-state index in [1.165, 1.54) is 12.1 Å². The van der Waals surface area contributed by atoms with E-state index in [1.54, 1.807) is 59.6 Å². The van der Waals surface area contributed by atoms with Crippen LogP contribution in [-0.2, 0) is 33.4 Å². The fourth-order valence-electron chi connectivity index (χ4n) is 5.76. The fraction of sp³-hybridized carbons (Fsp3) is 0.575. The molecule has 1 aromatic heterocycles. The molecule has 0 aliphatic rings. The lowest BCUT2D eigenvalue weighted by Gasteiger charge is -2.32. The Labute approximate surface area is 341 Å². The van der Waals surface area contributed by atoms with Crippen LogP contribution in [0.3, 0.4) is 0 Å². The monoisotopic (exact) mass is 813 g/mol. The molecule has 1 aromatic carbocycles. The van der Waals surface area contributed by atoms with E-state index in [9.17, 15) is 33.6 Å². The van der Waals surface area contributed by atoms with Gasteiger partial charge >= 0.3 is 25.5 Å². The highest BCUT2D eigenvalue weighted by Crippen LogP contribution is 2.29. The summed E-state index contributed by atoms with van der Waals surface area (Å²) in [6.07, 6.45) is 3.77. The number of rotatable bonds is 25. The van der Waals surface area contributed by atoms with Gasteiger partial charge in [0.2, 0.25) is 12.3 Å². The molecular formula is C40H60BN5O12. The van der Waals surface area contributed by atoms with Crippen molar-refractivity contribution in [2.24, 2.45) is 5.92 Å². The number of benzene rings is 1. The number of hydroxylamine groups is 2. The highest BCUT2D eigenvalue weighted by atomic mass is 16.7. The van der Waals surface area contributed by atoms with Crippen LogP contribution in [0.4, 0.5) is 4.79 Å². The number of ether oxygens (including phenoxy) is 2. The molecule has 4 N–H and O–H groups in total. The average Bonchev–Trinajstić information content (AvgIpc) is 3.67. The van der Waals surface area contributed by atoms with Gasteiger partial charge < -0.3 is 44.6 Å². The third-order valence-electron chi connectivity index (χ3n) is 8.59. The molecule has 0 saturated heterocycles. The maximum absolute atomic E-state index is 13.5. The van der Waals surface area contributed by atoms with E-state index in [4.69, 9.17) is 23.4 Å². The molecule has 0 unspecified atom stereocenters. The third-order valence-corrected chi connectivity index (χ3v) is 8.59. The molecule has 0 saturated carbocycles. The van der Waals surface area contributed by atoms with Crippen LogP contribution in [0, 0.1) is 5.92 Å². The summed E-state index contributed by atoms with van der Waals surface area (Å²) >= 11 is 0. The van der Waals surface area contributed by atoms with Crippen LogP contribution in [0.5, 0.6) is 5.75 Å². The van der Waals surface area contributed by atoms with Gasteiger partial charge in [-0.2, -0.15) is 5.06 Å². The molecule has 320 valence electrons. The Bertz CT molecular complexity index is 1680. The molecule has 0 bridgehead atoms. The Hall–Kier alpha value is -5.55. The first-order valence-electron chi connectivity index (χ1n) is 19.9. The topological polar surface area (TPSA) is 221 Å². The predicted octanol–water partition coefficient (Wildman–Crippen LogP) is 4.80. The molecule has 2 aromatic rings. The number of furan rings is 1. The minimum absolute atomic E-state index is 0.0450. The second-order valence-corrected chi connectivity index (χ2v) is 14.4. The van der Waals surface area contributed by atoms with Gasteiger partial charge in [0.1, 0.15) is 17.6 Å². The maximum atomic E-state index is 13.5. The van der Waals surface area contributed by atoms with Gasteiger partial charge in [-0.1, -0.05) is 59.3 Å². The summed E-state index contributed by atoms with van der Waals surface area (Å²) in [4.78, 5) is 94.8. The van der Waals surface area contributed by atoms with E-state index in [1.807, 2.05) is 13.8 Å². The lowest BCUT2D eigenvalue weighted by Crippen LogP contribution is -2.51. The van der Waals surface area contributed by atoms with E-state index in [-0.39, 0.29) is 50.2 Å². The van der Waals surface area contributed by atoms with Crippen molar-refractivity contribution in [2.75, 3.05) is 19.9 Å². The van der Waals surface area contributed by atoms with Crippen LogP contribution in [-0.4, -0.2) is 92.2 Å². The molecule has 0 spiro atoms. The average molecular weight is 814 g/mol. The van der Waals surface area contributed by atoms with Crippen molar-refractivity contribution in [3.8, 4) is 17.1 Å². The van der Waals surface area contributed by atoms with Crippen LogP contribution >= 0.6 is 0 Å². The summed E-state index contributed by atoms with van der Waals surface area (Å²) in [5.74, 6) is -3.58. The number of carbonyl (C=O) groups is 7.